The fourth-order valence-electron chi connectivity index (χ4n) is 3.81. The molecule has 5 heteroatoms. The standard InChI is InChI=1S/C26H35N3O2/c1-2-3-4-5-6-12-20-29-24-17-11-10-16-23(24)28-25(29)18-13-19-27-26(30)21-31-22-14-8-7-9-15-22/h7-11,14-17H,2-6,12-13,18-21H2,1H3,(H,27,30). The predicted octanol–water partition coefficient (Wildman–Crippen LogP) is 5.52. The van der Waals surface area contributed by atoms with Crippen molar-refractivity contribution in [3.8, 4) is 5.75 Å². The monoisotopic (exact) mass is 421 g/mol. The van der Waals surface area contributed by atoms with E-state index in [1.165, 1.54) is 44.0 Å². The highest BCUT2D eigenvalue weighted by atomic mass is 16.5. The summed E-state index contributed by atoms with van der Waals surface area (Å²) in [7, 11) is 0. The molecule has 5 nitrogen and oxygen atoms in total. The Morgan fingerprint density at radius 2 is 1.68 bits per heavy atom. The van der Waals surface area contributed by atoms with Crippen LogP contribution < -0.4 is 10.1 Å². The van der Waals surface area contributed by atoms with Gasteiger partial charge in [0.25, 0.3) is 5.91 Å². The average molecular weight is 422 g/mol. The summed E-state index contributed by atoms with van der Waals surface area (Å²) in [4.78, 5) is 16.9. The average Bonchev–Trinajstić information content (AvgIpc) is 3.15. The second-order valence-corrected chi connectivity index (χ2v) is 7.99. The van der Waals surface area contributed by atoms with Crippen LogP contribution >= 0.6 is 0 Å². The molecule has 3 aromatic rings. The molecule has 0 spiro atoms. The van der Waals surface area contributed by atoms with Crippen LogP contribution in [0.1, 0.15) is 57.7 Å². The molecule has 1 aromatic heterocycles. The summed E-state index contributed by atoms with van der Waals surface area (Å²) in [5.74, 6) is 1.73. The number of unbranched alkanes of at least 4 members (excludes halogenated alkanes) is 5. The maximum atomic E-state index is 12.0. The molecule has 0 saturated carbocycles. The molecule has 0 aliphatic rings. The number of aryl methyl sites for hydroxylation is 2. The smallest absolute Gasteiger partial charge is 0.257 e. The third kappa shape index (κ3) is 7.42. The molecule has 3 rings (SSSR count). The summed E-state index contributed by atoms with van der Waals surface area (Å²) < 4.78 is 7.86. The van der Waals surface area contributed by atoms with Crippen molar-refractivity contribution in [2.75, 3.05) is 13.2 Å². The lowest BCUT2D eigenvalue weighted by Gasteiger charge is -2.10. The number of fused-ring (bicyclic) bond motifs is 1. The second kappa shape index (κ2) is 12.8. The maximum absolute atomic E-state index is 12.0. The van der Waals surface area contributed by atoms with Crippen molar-refractivity contribution in [3.05, 3.63) is 60.4 Å². The lowest BCUT2D eigenvalue weighted by molar-refractivity contribution is -0.123. The van der Waals surface area contributed by atoms with E-state index in [0.29, 0.717) is 12.3 Å². The van der Waals surface area contributed by atoms with Crippen LogP contribution in [0.3, 0.4) is 0 Å². The molecule has 1 amide bonds. The highest BCUT2D eigenvalue weighted by molar-refractivity contribution is 5.77. The lowest BCUT2D eigenvalue weighted by atomic mass is 10.1. The topological polar surface area (TPSA) is 56.2 Å². The first-order chi connectivity index (χ1) is 15.3. The van der Waals surface area contributed by atoms with Gasteiger partial charge in [-0.1, -0.05) is 69.4 Å². The largest absolute Gasteiger partial charge is 0.484 e. The Morgan fingerprint density at radius 1 is 0.935 bits per heavy atom. The molecule has 1 heterocycles. The van der Waals surface area contributed by atoms with Crippen molar-refractivity contribution in [2.24, 2.45) is 0 Å². The van der Waals surface area contributed by atoms with Gasteiger partial charge in [-0.25, -0.2) is 4.98 Å². The molecule has 2 aromatic carbocycles. The van der Waals surface area contributed by atoms with E-state index in [2.05, 4.69) is 35.0 Å². The van der Waals surface area contributed by atoms with Gasteiger partial charge < -0.3 is 14.6 Å². The van der Waals surface area contributed by atoms with Gasteiger partial charge in [0, 0.05) is 19.5 Å². The normalized spacial score (nSPS) is 11.0. The number of amides is 1. The van der Waals surface area contributed by atoms with E-state index in [1.807, 2.05) is 36.4 Å². The number of para-hydroxylation sites is 3. The van der Waals surface area contributed by atoms with Crippen molar-refractivity contribution in [2.45, 2.75) is 64.8 Å². The Morgan fingerprint density at radius 3 is 2.52 bits per heavy atom. The summed E-state index contributed by atoms with van der Waals surface area (Å²) in [5, 5.41) is 2.95. The van der Waals surface area contributed by atoms with Crippen LogP contribution in [0.5, 0.6) is 5.75 Å². The van der Waals surface area contributed by atoms with Crippen molar-refractivity contribution in [1.29, 1.82) is 0 Å². The number of rotatable bonds is 14. The summed E-state index contributed by atoms with van der Waals surface area (Å²) in [6.07, 6.45) is 9.43. The van der Waals surface area contributed by atoms with E-state index in [0.717, 1.165) is 30.7 Å². The van der Waals surface area contributed by atoms with Crippen LogP contribution in [0.4, 0.5) is 0 Å². The molecule has 166 valence electrons. The van der Waals surface area contributed by atoms with Crippen LogP contribution in [-0.2, 0) is 17.8 Å². The molecule has 0 aliphatic carbocycles. The molecular weight excluding hydrogens is 386 g/mol. The summed E-state index contributed by atoms with van der Waals surface area (Å²) >= 11 is 0. The second-order valence-electron chi connectivity index (χ2n) is 7.99. The maximum Gasteiger partial charge on any atom is 0.257 e. The SMILES string of the molecule is CCCCCCCCn1c(CCCNC(=O)COc2ccccc2)nc2ccccc21. The lowest BCUT2D eigenvalue weighted by Crippen LogP contribution is -2.30. The Hall–Kier alpha value is -2.82. The number of nitrogens with one attached hydrogen (secondary N) is 1. The summed E-state index contributed by atoms with van der Waals surface area (Å²) in [6.45, 7) is 3.93. The minimum atomic E-state index is -0.0931. The van der Waals surface area contributed by atoms with Crippen molar-refractivity contribution < 1.29 is 9.53 Å². The van der Waals surface area contributed by atoms with Gasteiger partial charge in [-0.2, -0.15) is 0 Å². The van der Waals surface area contributed by atoms with E-state index >= 15 is 0 Å². The van der Waals surface area contributed by atoms with E-state index in [4.69, 9.17) is 9.72 Å². The number of ether oxygens (including phenoxy) is 1. The molecule has 0 atom stereocenters. The number of benzene rings is 2. The minimum absolute atomic E-state index is 0.0422. The zero-order valence-electron chi connectivity index (χ0n) is 18.7. The molecule has 0 saturated heterocycles. The summed E-state index contributed by atoms with van der Waals surface area (Å²) in [6, 6.07) is 17.8. The van der Waals surface area contributed by atoms with Crippen LogP contribution in [0, 0.1) is 0 Å². The van der Waals surface area contributed by atoms with E-state index < -0.39 is 0 Å². The van der Waals surface area contributed by atoms with Crippen molar-refractivity contribution in [3.63, 3.8) is 0 Å². The molecular formula is C26H35N3O2. The van der Waals surface area contributed by atoms with Crippen LogP contribution in [0.25, 0.3) is 11.0 Å². The number of aromatic nitrogens is 2. The third-order valence-electron chi connectivity index (χ3n) is 5.48. The van der Waals surface area contributed by atoms with Crippen LogP contribution in [0.15, 0.2) is 54.6 Å². The van der Waals surface area contributed by atoms with Crippen molar-refractivity contribution in [1.82, 2.24) is 14.9 Å². The van der Waals surface area contributed by atoms with E-state index in [1.54, 1.807) is 0 Å². The van der Waals surface area contributed by atoms with Gasteiger partial charge in [-0.15, -0.1) is 0 Å². The van der Waals surface area contributed by atoms with Gasteiger partial charge in [-0.05, 0) is 37.1 Å². The van der Waals surface area contributed by atoms with Gasteiger partial charge in [0.15, 0.2) is 6.61 Å². The highest BCUT2D eigenvalue weighted by Gasteiger charge is 2.10. The Balaban J connectivity index is 1.45. The fraction of sp³-hybridized carbons (Fsp3) is 0.462. The number of nitrogens with zero attached hydrogens (tertiary/aromatic N) is 2. The van der Waals surface area contributed by atoms with E-state index in [9.17, 15) is 4.79 Å². The molecule has 0 aliphatic heterocycles. The zero-order chi connectivity index (χ0) is 21.7. The van der Waals surface area contributed by atoms with Gasteiger partial charge in [0.05, 0.1) is 11.0 Å². The molecule has 31 heavy (non-hydrogen) atoms. The summed E-state index contributed by atoms with van der Waals surface area (Å²) in [5.41, 5.74) is 2.27. The predicted molar refractivity (Wildman–Crippen MR) is 126 cm³/mol. The number of imidazole rings is 1. The van der Waals surface area contributed by atoms with Gasteiger partial charge in [0.2, 0.25) is 0 Å². The minimum Gasteiger partial charge on any atom is -0.484 e. The third-order valence-corrected chi connectivity index (χ3v) is 5.48. The number of carbonyl (C=O) groups excluding carboxylic acids is 1. The van der Waals surface area contributed by atoms with Gasteiger partial charge in [-0.3, -0.25) is 4.79 Å². The quantitative estimate of drug-likeness (QED) is 0.349. The Labute approximate surface area is 185 Å². The van der Waals surface area contributed by atoms with Gasteiger partial charge in [0.1, 0.15) is 11.6 Å². The molecule has 0 radical (unpaired) electrons. The Kier molecular flexibility index (Phi) is 9.42. The fourth-order valence-corrected chi connectivity index (χ4v) is 3.81. The van der Waals surface area contributed by atoms with Crippen LogP contribution in [-0.4, -0.2) is 28.6 Å². The first-order valence-corrected chi connectivity index (χ1v) is 11.7. The first kappa shape index (κ1) is 22.9. The van der Waals surface area contributed by atoms with Gasteiger partial charge >= 0.3 is 0 Å². The van der Waals surface area contributed by atoms with Crippen LogP contribution in [0.2, 0.25) is 0 Å². The Bertz CT molecular complexity index is 921. The number of carbonyl (C=O) groups is 1. The number of hydrogen-bond acceptors (Lipinski definition) is 3. The highest BCUT2D eigenvalue weighted by Crippen LogP contribution is 2.18. The molecule has 1 N–H and O–H groups in total. The number of hydrogen-bond donors (Lipinski definition) is 1. The zero-order valence-corrected chi connectivity index (χ0v) is 18.7. The molecule has 0 unspecified atom stereocenters. The first-order valence-electron chi connectivity index (χ1n) is 11.7. The molecule has 0 bridgehead atoms. The van der Waals surface area contributed by atoms with Crippen molar-refractivity contribution >= 4 is 16.9 Å². The van der Waals surface area contributed by atoms with E-state index in [-0.39, 0.29) is 12.5 Å². The molecule has 0 fully saturated rings.